The third-order valence-electron chi connectivity index (χ3n) is 2.45. The molecule has 0 amide bonds. The average molecular weight is 234 g/mol. The third kappa shape index (κ3) is 2.69. The molecule has 0 unspecified atom stereocenters. The number of halogens is 2. The van der Waals surface area contributed by atoms with Gasteiger partial charge >= 0.3 is 7.12 Å². The highest BCUT2D eigenvalue weighted by Gasteiger charge is 2.23. The highest BCUT2D eigenvalue weighted by atomic mass is 19.3. The van der Waals surface area contributed by atoms with E-state index in [1.807, 2.05) is 30.3 Å². The number of rotatable bonds is 4. The summed E-state index contributed by atoms with van der Waals surface area (Å²) in [7, 11) is -1.63. The lowest BCUT2D eigenvalue weighted by atomic mass is 9.79. The Morgan fingerprint density at radius 1 is 0.706 bits per heavy atom. The minimum absolute atomic E-state index is 0.273. The minimum Gasteiger partial charge on any atom is -0.214 e. The summed E-state index contributed by atoms with van der Waals surface area (Å²) in [4.78, 5) is 6.67. The molecule has 0 radical (unpaired) electrons. The van der Waals surface area contributed by atoms with Crippen molar-refractivity contribution in [3.8, 4) is 11.1 Å². The van der Waals surface area contributed by atoms with Gasteiger partial charge in [-0.05, 0) is 16.6 Å². The van der Waals surface area contributed by atoms with E-state index in [-0.39, 0.29) is 5.46 Å². The van der Waals surface area contributed by atoms with Crippen molar-refractivity contribution < 1.29 is 18.8 Å². The van der Waals surface area contributed by atoms with Crippen LogP contribution in [0.5, 0.6) is 0 Å². The molecule has 2 nitrogen and oxygen atoms in total. The predicted molar refractivity (Wildman–Crippen MR) is 61.7 cm³/mol. The van der Waals surface area contributed by atoms with Crippen molar-refractivity contribution in [3.63, 3.8) is 0 Å². The molecule has 0 aromatic heterocycles. The van der Waals surface area contributed by atoms with Gasteiger partial charge < -0.3 is 0 Å². The Bertz CT molecular complexity index is 458. The summed E-state index contributed by atoms with van der Waals surface area (Å²) in [6.45, 7) is 0. The van der Waals surface area contributed by atoms with Crippen molar-refractivity contribution >= 4 is 12.6 Å². The van der Waals surface area contributed by atoms with Crippen molar-refractivity contribution in [2.45, 2.75) is 0 Å². The molecular formula is C12H9BF2O2. The van der Waals surface area contributed by atoms with Crippen LogP contribution in [0.25, 0.3) is 11.1 Å². The fraction of sp³-hybridized carbons (Fsp3) is 0. The Balaban J connectivity index is 2.24. The van der Waals surface area contributed by atoms with Crippen molar-refractivity contribution in [3.05, 3.63) is 54.6 Å². The van der Waals surface area contributed by atoms with Gasteiger partial charge in [0.1, 0.15) is 0 Å². The Labute approximate surface area is 97.7 Å². The smallest absolute Gasteiger partial charge is 0.214 e. The first-order valence-electron chi connectivity index (χ1n) is 5.05. The van der Waals surface area contributed by atoms with Crippen LogP contribution in [0.3, 0.4) is 0 Å². The largest absolute Gasteiger partial charge is 0.568 e. The molecule has 0 spiro atoms. The van der Waals surface area contributed by atoms with Crippen LogP contribution in [-0.4, -0.2) is 7.12 Å². The zero-order valence-corrected chi connectivity index (χ0v) is 8.85. The van der Waals surface area contributed by atoms with Crippen LogP contribution in [0.1, 0.15) is 0 Å². The van der Waals surface area contributed by atoms with E-state index in [9.17, 15) is 9.05 Å². The molecule has 0 N–H and O–H groups in total. The monoisotopic (exact) mass is 234 g/mol. The van der Waals surface area contributed by atoms with E-state index >= 15 is 0 Å². The summed E-state index contributed by atoms with van der Waals surface area (Å²) >= 11 is 0. The predicted octanol–water partition coefficient (Wildman–Crippen LogP) is 2.85. The van der Waals surface area contributed by atoms with Gasteiger partial charge in [0.25, 0.3) is 0 Å². The van der Waals surface area contributed by atoms with E-state index in [1.54, 1.807) is 24.3 Å². The Kier molecular flexibility index (Phi) is 3.85. The van der Waals surface area contributed by atoms with Crippen LogP contribution >= 0.6 is 0 Å². The van der Waals surface area contributed by atoms with Gasteiger partial charge in [-0.25, -0.2) is 9.72 Å². The van der Waals surface area contributed by atoms with E-state index in [4.69, 9.17) is 0 Å². The summed E-state index contributed by atoms with van der Waals surface area (Å²) in [5, 5.41) is 0. The Hall–Kier alpha value is -1.72. The molecule has 0 bridgehead atoms. The second kappa shape index (κ2) is 5.56. The summed E-state index contributed by atoms with van der Waals surface area (Å²) in [5.74, 6) is 0. The lowest BCUT2D eigenvalue weighted by Crippen LogP contribution is -2.32. The average Bonchev–Trinajstić information content (AvgIpc) is 2.42. The van der Waals surface area contributed by atoms with Crippen LogP contribution in [0.4, 0.5) is 9.05 Å². The quantitative estimate of drug-likeness (QED) is 0.757. The fourth-order valence-electron chi connectivity index (χ4n) is 1.58. The molecule has 0 aliphatic rings. The molecule has 86 valence electrons. The van der Waals surface area contributed by atoms with Crippen LogP contribution in [0.15, 0.2) is 54.6 Å². The molecule has 17 heavy (non-hydrogen) atoms. The topological polar surface area (TPSA) is 18.5 Å². The van der Waals surface area contributed by atoms with Crippen molar-refractivity contribution in [1.29, 1.82) is 0 Å². The van der Waals surface area contributed by atoms with Crippen LogP contribution in [0, 0.1) is 0 Å². The molecule has 0 saturated carbocycles. The van der Waals surface area contributed by atoms with Gasteiger partial charge in [0, 0.05) is 0 Å². The van der Waals surface area contributed by atoms with Gasteiger partial charge in [-0.3, -0.25) is 0 Å². The van der Waals surface area contributed by atoms with E-state index in [0.29, 0.717) is 0 Å². The second-order valence-corrected chi connectivity index (χ2v) is 3.50. The Morgan fingerprint density at radius 2 is 1.24 bits per heavy atom. The Morgan fingerprint density at radius 3 is 1.76 bits per heavy atom. The van der Waals surface area contributed by atoms with Crippen molar-refractivity contribution in [2.24, 2.45) is 0 Å². The van der Waals surface area contributed by atoms with E-state index in [0.717, 1.165) is 11.1 Å². The molecule has 0 heterocycles. The van der Waals surface area contributed by atoms with Crippen molar-refractivity contribution in [1.82, 2.24) is 0 Å². The van der Waals surface area contributed by atoms with E-state index in [1.165, 1.54) is 0 Å². The molecule has 2 aromatic carbocycles. The highest BCUT2D eigenvalue weighted by Crippen LogP contribution is 2.17. The minimum atomic E-state index is -1.63. The first-order valence-corrected chi connectivity index (χ1v) is 5.05. The number of benzene rings is 2. The zero-order chi connectivity index (χ0) is 12.1. The molecular weight excluding hydrogens is 225 g/mol. The van der Waals surface area contributed by atoms with Crippen LogP contribution in [0.2, 0.25) is 0 Å². The highest BCUT2D eigenvalue weighted by molar-refractivity contribution is 6.60. The third-order valence-corrected chi connectivity index (χ3v) is 2.45. The maximum atomic E-state index is 11.9. The maximum absolute atomic E-state index is 11.9. The molecule has 0 aliphatic heterocycles. The maximum Gasteiger partial charge on any atom is 0.568 e. The van der Waals surface area contributed by atoms with Crippen LogP contribution in [-0.2, 0) is 9.72 Å². The molecule has 2 rings (SSSR count). The first kappa shape index (κ1) is 11.8. The van der Waals surface area contributed by atoms with Gasteiger partial charge in [-0.2, -0.15) is 0 Å². The molecule has 0 fully saturated rings. The van der Waals surface area contributed by atoms with E-state index < -0.39 is 7.12 Å². The van der Waals surface area contributed by atoms with E-state index in [2.05, 4.69) is 9.72 Å². The number of hydrogen-bond acceptors (Lipinski definition) is 2. The van der Waals surface area contributed by atoms with Gasteiger partial charge in [0.2, 0.25) is 0 Å². The molecule has 0 atom stereocenters. The standard InChI is InChI=1S/C12H9BF2O2/c14-16-13(17-15)12-8-6-11(7-9-12)10-4-2-1-3-5-10/h1-9H. The SMILES string of the molecule is FOB(OF)c1ccc(-c2ccccc2)cc1. The fourth-order valence-corrected chi connectivity index (χ4v) is 1.58. The second-order valence-electron chi connectivity index (χ2n) is 3.50. The molecule has 5 heteroatoms. The van der Waals surface area contributed by atoms with Gasteiger partial charge in [-0.1, -0.05) is 63.6 Å². The van der Waals surface area contributed by atoms with Gasteiger partial charge in [0.15, 0.2) is 0 Å². The summed E-state index contributed by atoms with van der Waals surface area (Å²) in [5.41, 5.74) is 2.25. The normalized spacial score (nSPS) is 10.2. The molecule has 0 aliphatic carbocycles. The molecule has 0 saturated heterocycles. The van der Waals surface area contributed by atoms with Crippen molar-refractivity contribution in [2.75, 3.05) is 0 Å². The lowest BCUT2D eigenvalue weighted by Gasteiger charge is -2.05. The molecule has 2 aromatic rings. The summed E-state index contributed by atoms with van der Waals surface area (Å²) < 4.78 is 23.8. The van der Waals surface area contributed by atoms with Gasteiger partial charge in [-0.15, -0.1) is 0 Å². The number of hydrogen-bond donors (Lipinski definition) is 0. The van der Waals surface area contributed by atoms with Gasteiger partial charge in [0.05, 0.1) is 0 Å². The summed E-state index contributed by atoms with van der Waals surface area (Å²) in [6, 6.07) is 16.2. The summed E-state index contributed by atoms with van der Waals surface area (Å²) in [6.07, 6.45) is 0. The lowest BCUT2D eigenvalue weighted by molar-refractivity contribution is -0.100. The zero-order valence-electron chi connectivity index (χ0n) is 8.85. The first-order chi connectivity index (χ1) is 8.35. The van der Waals surface area contributed by atoms with Crippen LogP contribution < -0.4 is 5.46 Å².